The van der Waals surface area contributed by atoms with Crippen molar-refractivity contribution < 1.29 is 24.2 Å². The molecule has 1 saturated carbocycles. The van der Waals surface area contributed by atoms with E-state index in [9.17, 15) is 14.7 Å². The van der Waals surface area contributed by atoms with Crippen LogP contribution in [0.2, 0.25) is 0 Å². The Hall–Kier alpha value is -2.24. The maximum absolute atomic E-state index is 12.6. The first-order chi connectivity index (χ1) is 15.3. The molecule has 0 amide bonds. The van der Waals surface area contributed by atoms with E-state index in [-0.39, 0.29) is 29.6 Å². The van der Waals surface area contributed by atoms with Gasteiger partial charge in [-0.15, -0.1) is 0 Å². The Bertz CT molecular complexity index is 1010. The predicted molar refractivity (Wildman–Crippen MR) is 127 cm³/mol. The van der Waals surface area contributed by atoms with Crippen molar-refractivity contribution in [2.75, 3.05) is 0 Å². The average molecular weight is 453 g/mol. The molecule has 33 heavy (non-hydrogen) atoms. The molecule has 2 heterocycles. The van der Waals surface area contributed by atoms with Crippen molar-refractivity contribution in [3.63, 3.8) is 0 Å². The summed E-state index contributed by atoms with van der Waals surface area (Å²) in [5.74, 6) is -0.607. The highest BCUT2D eigenvalue weighted by Crippen LogP contribution is 2.60. The Morgan fingerprint density at radius 3 is 2.21 bits per heavy atom. The maximum Gasteiger partial charge on any atom is 0.320 e. The van der Waals surface area contributed by atoms with Crippen LogP contribution in [0, 0.1) is 28.6 Å². The normalized spacial score (nSPS) is 49.3. The van der Waals surface area contributed by atoms with Crippen LogP contribution in [0.4, 0.5) is 0 Å². The number of esters is 1. The monoisotopic (exact) mass is 452 g/mol. The molecule has 2 aliphatic carbocycles. The van der Waals surface area contributed by atoms with Crippen LogP contribution < -0.4 is 0 Å². The topological polar surface area (TPSA) is 72.8 Å². The first-order valence-corrected chi connectivity index (χ1v) is 11.8. The lowest BCUT2D eigenvalue weighted by Crippen LogP contribution is -2.44. The van der Waals surface area contributed by atoms with Crippen LogP contribution in [-0.2, 0) is 19.1 Å². The number of aliphatic hydroxyl groups is 1. The summed E-state index contributed by atoms with van der Waals surface area (Å²) < 4.78 is 11.6. The van der Waals surface area contributed by atoms with Crippen molar-refractivity contribution in [3.05, 3.63) is 60.3 Å². The van der Waals surface area contributed by atoms with Crippen LogP contribution in [0.1, 0.15) is 48.5 Å². The van der Waals surface area contributed by atoms with Crippen LogP contribution in [0.25, 0.3) is 0 Å². The number of ketones is 1. The quantitative estimate of drug-likeness (QED) is 0.288. The van der Waals surface area contributed by atoms with Crippen LogP contribution >= 0.6 is 0 Å². The third-order valence-electron chi connectivity index (χ3n) is 8.89. The van der Waals surface area contributed by atoms with E-state index in [0.29, 0.717) is 0 Å². The number of carbonyl (C=O) groups is 2. The summed E-state index contributed by atoms with van der Waals surface area (Å²) in [5.41, 5.74) is -1.85. The molecule has 0 spiro atoms. The molecule has 3 fully saturated rings. The summed E-state index contributed by atoms with van der Waals surface area (Å²) in [5, 5.41) is 11.0. The Kier molecular flexibility index (Phi) is 5.53. The predicted octanol–water partition coefficient (Wildman–Crippen LogP) is 4.49. The van der Waals surface area contributed by atoms with Crippen LogP contribution in [0.5, 0.6) is 0 Å². The van der Waals surface area contributed by atoms with Gasteiger partial charge in [0.2, 0.25) is 0 Å². The second kappa shape index (κ2) is 7.64. The van der Waals surface area contributed by atoms with Crippen LogP contribution in [0.15, 0.2) is 60.3 Å². The van der Waals surface area contributed by atoms with Crippen molar-refractivity contribution >= 4 is 11.8 Å². The van der Waals surface area contributed by atoms with Gasteiger partial charge in [0.15, 0.2) is 5.78 Å². The van der Waals surface area contributed by atoms with E-state index in [1.54, 1.807) is 6.92 Å². The molecule has 0 aromatic rings. The van der Waals surface area contributed by atoms with Gasteiger partial charge in [0, 0.05) is 17.3 Å². The summed E-state index contributed by atoms with van der Waals surface area (Å²) in [6.07, 6.45) is 17.2. The first kappa shape index (κ1) is 23.9. The van der Waals surface area contributed by atoms with E-state index in [0.717, 1.165) is 0 Å². The molecule has 0 aromatic heterocycles. The number of hydrogen-bond acceptors (Lipinski definition) is 5. The highest BCUT2D eigenvalue weighted by Gasteiger charge is 2.73. The van der Waals surface area contributed by atoms with E-state index in [2.05, 4.69) is 26.0 Å². The van der Waals surface area contributed by atoms with E-state index < -0.39 is 34.1 Å². The number of allylic oxidation sites excluding steroid dienone is 8. The molecule has 4 aliphatic rings. The van der Waals surface area contributed by atoms with Crippen molar-refractivity contribution in [1.82, 2.24) is 0 Å². The minimum Gasteiger partial charge on any atom is -0.460 e. The SMILES string of the molecule is CC1=C[C@@]2(C)O[C@@H](C)[C@@](C)(O)[C@H]2[C@@H]1/C=C/C=C/C=C/C=C[C@]1(C)[C@@H]2OC(=O)[C@@]1(C)C(=O)[C@@H]2C. The largest absolute Gasteiger partial charge is 0.460 e. The lowest BCUT2D eigenvalue weighted by atomic mass is 9.68. The highest BCUT2D eigenvalue weighted by atomic mass is 16.6. The number of ether oxygens (including phenoxy) is 2. The standard InChI is InChI=1S/C28H36O5/c1-17-16-26(5)21(28(7,31)19(3)33-26)20(17)14-12-10-8-9-11-13-15-25(4)23-18(2)22(29)27(25,6)24(30)32-23/h8-16,18-21,23,31H,1-7H3/b10-8+,11-9+,14-12+,15-13?/t18-,19-,20+,21-,23+,25+,26+,27+,28+/m0/s1. The van der Waals surface area contributed by atoms with Gasteiger partial charge in [-0.2, -0.15) is 0 Å². The van der Waals surface area contributed by atoms with Crippen LogP contribution in [-0.4, -0.2) is 40.3 Å². The van der Waals surface area contributed by atoms with Crippen molar-refractivity contribution in [1.29, 1.82) is 0 Å². The number of rotatable bonds is 5. The highest BCUT2D eigenvalue weighted by molar-refractivity contribution is 6.10. The molecule has 5 nitrogen and oxygen atoms in total. The Balaban J connectivity index is 1.39. The van der Waals surface area contributed by atoms with Crippen molar-refractivity contribution in [2.45, 2.75) is 71.9 Å². The minimum absolute atomic E-state index is 0.0120. The fourth-order valence-corrected chi connectivity index (χ4v) is 6.72. The zero-order valence-electron chi connectivity index (χ0n) is 20.7. The van der Waals surface area contributed by atoms with Gasteiger partial charge in [0.05, 0.1) is 23.2 Å². The van der Waals surface area contributed by atoms with Crippen LogP contribution in [0.3, 0.4) is 0 Å². The van der Waals surface area contributed by atoms with Gasteiger partial charge in [-0.05, 0) is 34.6 Å². The molecule has 2 aliphatic heterocycles. The molecule has 2 bridgehead atoms. The molecule has 0 radical (unpaired) electrons. The Morgan fingerprint density at radius 2 is 1.58 bits per heavy atom. The third kappa shape index (κ3) is 3.19. The van der Waals surface area contributed by atoms with E-state index in [1.165, 1.54) is 5.57 Å². The zero-order valence-corrected chi connectivity index (χ0v) is 20.7. The summed E-state index contributed by atoms with van der Waals surface area (Å²) in [7, 11) is 0. The molecule has 178 valence electrons. The number of fused-ring (bicyclic) bond motifs is 3. The molecule has 4 rings (SSSR count). The summed E-state index contributed by atoms with van der Waals surface area (Å²) >= 11 is 0. The smallest absolute Gasteiger partial charge is 0.320 e. The lowest BCUT2D eigenvalue weighted by Gasteiger charge is -2.33. The van der Waals surface area contributed by atoms with Gasteiger partial charge in [-0.3, -0.25) is 9.59 Å². The average Bonchev–Trinajstić information content (AvgIpc) is 3.22. The number of Topliss-reactive ketones (excluding diaryl/α,β-unsaturated/α-hetero) is 1. The van der Waals surface area contributed by atoms with E-state index >= 15 is 0 Å². The number of carbonyl (C=O) groups excluding carboxylic acids is 2. The molecule has 0 aromatic carbocycles. The van der Waals surface area contributed by atoms with E-state index in [4.69, 9.17) is 9.47 Å². The second-order valence-corrected chi connectivity index (χ2v) is 11.0. The van der Waals surface area contributed by atoms with Gasteiger partial charge >= 0.3 is 5.97 Å². The molecular weight excluding hydrogens is 416 g/mol. The fraction of sp³-hybridized carbons (Fsp3) is 0.571. The van der Waals surface area contributed by atoms with Gasteiger partial charge in [-0.1, -0.05) is 74.1 Å². The fourth-order valence-electron chi connectivity index (χ4n) is 6.72. The minimum atomic E-state index is -1.11. The van der Waals surface area contributed by atoms with Gasteiger partial charge in [-0.25, -0.2) is 0 Å². The maximum atomic E-state index is 12.6. The Labute approximate surface area is 196 Å². The lowest BCUT2D eigenvalue weighted by molar-refractivity contribution is -0.161. The summed E-state index contributed by atoms with van der Waals surface area (Å²) in [6.45, 7) is 13.4. The van der Waals surface area contributed by atoms with E-state index in [1.807, 2.05) is 70.2 Å². The zero-order chi connectivity index (χ0) is 24.4. The molecular formula is C28H36O5. The molecule has 1 N–H and O–H groups in total. The summed E-state index contributed by atoms with van der Waals surface area (Å²) in [6, 6.07) is 0. The number of hydrogen-bond donors (Lipinski definition) is 1. The van der Waals surface area contributed by atoms with Crippen molar-refractivity contribution in [2.24, 2.45) is 28.6 Å². The Morgan fingerprint density at radius 1 is 0.970 bits per heavy atom. The molecule has 2 saturated heterocycles. The molecule has 0 unspecified atom stereocenters. The second-order valence-electron chi connectivity index (χ2n) is 11.0. The third-order valence-corrected chi connectivity index (χ3v) is 8.89. The first-order valence-electron chi connectivity index (χ1n) is 11.8. The van der Waals surface area contributed by atoms with Gasteiger partial charge in [0.25, 0.3) is 0 Å². The molecule has 9 atom stereocenters. The summed E-state index contributed by atoms with van der Waals surface area (Å²) in [4.78, 5) is 24.9. The van der Waals surface area contributed by atoms with Gasteiger partial charge in [0.1, 0.15) is 11.5 Å². The van der Waals surface area contributed by atoms with Gasteiger partial charge < -0.3 is 14.6 Å². The van der Waals surface area contributed by atoms with Crippen molar-refractivity contribution in [3.8, 4) is 0 Å². The molecule has 5 heteroatoms.